The predicted molar refractivity (Wildman–Crippen MR) is 124 cm³/mol. The van der Waals surface area contributed by atoms with Crippen LogP contribution in [0.4, 0.5) is 26.3 Å². The van der Waals surface area contributed by atoms with E-state index in [4.69, 9.17) is 29.3 Å². The number of methoxy groups -OCH3 is 2. The van der Waals surface area contributed by atoms with Gasteiger partial charge in [-0.3, -0.25) is 4.90 Å². The number of halogens is 6. The van der Waals surface area contributed by atoms with Crippen LogP contribution in [0.25, 0.3) is 0 Å². The fourth-order valence-electron chi connectivity index (χ4n) is 4.53. The third-order valence-electron chi connectivity index (χ3n) is 6.45. The van der Waals surface area contributed by atoms with Crippen LogP contribution in [0.1, 0.15) is 18.4 Å². The smallest absolute Gasteiger partial charge is 0.475 e. The number of rotatable bonds is 7. The summed E-state index contributed by atoms with van der Waals surface area (Å²) in [6.07, 6.45) is -7.59. The fraction of sp³-hybridized carbons (Fsp3) is 0.667. The molecule has 1 aromatic rings. The Hall–Kier alpha value is -2.42. The number of hydrogen-bond acceptors (Lipinski definition) is 6. The molecule has 14 heteroatoms. The summed E-state index contributed by atoms with van der Waals surface area (Å²) in [7, 11) is 3.64. The molecule has 2 heterocycles. The van der Waals surface area contributed by atoms with E-state index in [1.54, 1.807) is 7.11 Å². The summed E-state index contributed by atoms with van der Waals surface area (Å²) in [6, 6.07) is 10.8. The summed E-state index contributed by atoms with van der Waals surface area (Å²) in [5.74, 6) is -4.85. The van der Waals surface area contributed by atoms with Crippen molar-refractivity contribution in [2.45, 2.75) is 31.7 Å². The van der Waals surface area contributed by atoms with Crippen molar-refractivity contribution < 1.29 is 55.6 Å². The van der Waals surface area contributed by atoms with Gasteiger partial charge >= 0.3 is 24.3 Å². The van der Waals surface area contributed by atoms with Gasteiger partial charge in [0, 0.05) is 46.3 Å². The SMILES string of the molecule is COCCN1CC(COC)C2(CCN(Cc3ccccc3)CC2)C1.O=C(O)C(F)(F)F.O=C(O)C(F)(F)F. The van der Waals surface area contributed by atoms with Crippen LogP contribution in [0.3, 0.4) is 0 Å². The maximum absolute atomic E-state index is 10.6. The zero-order valence-corrected chi connectivity index (χ0v) is 21.2. The molecule has 38 heavy (non-hydrogen) atoms. The van der Waals surface area contributed by atoms with Gasteiger partial charge in [-0.1, -0.05) is 30.3 Å². The molecule has 2 aliphatic rings. The molecule has 8 nitrogen and oxygen atoms in total. The fourth-order valence-corrected chi connectivity index (χ4v) is 4.53. The zero-order chi connectivity index (χ0) is 29.0. The normalized spacial score (nSPS) is 19.7. The summed E-state index contributed by atoms with van der Waals surface area (Å²) in [5.41, 5.74) is 1.87. The van der Waals surface area contributed by atoms with Gasteiger partial charge in [0.2, 0.25) is 0 Å². The number of ether oxygens (including phenoxy) is 2. The molecule has 0 aromatic heterocycles. The molecule has 218 valence electrons. The van der Waals surface area contributed by atoms with Crippen molar-refractivity contribution in [2.75, 3.05) is 60.2 Å². The van der Waals surface area contributed by atoms with Crippen LogP contribution in [0.2, 0.25) is 0 Å². The van der Waals surface area contributed by atoms with Crippen molar-refractivity contribution in [3.05, 3.63) is 35.9 Å². The molecular weight excluding hydrogens is 526 g/mol. The van der Waals surface area contributed by atoms with Crippen LogP contribution in [-0.2, 0) is 25.6 Å². The van der Waals surface area contributed by atoms with E-state index in [2.05, 4.69) is 40.1 Å². The van der Waals surface area contributed by atoms with E-state index >= 15 is 0 Å². The van der Waals surface area contributed by atoms with Crippen molar-refractivity contribution in [2.24, 2.45) is 11.3 Å². The lowest BCUT2D eigenvalue weighted by atomic mass is 9.71. The van der Waals surface area contributed by atoms with Gasteiger partial charge in [0.1, 0.15) is 0 Å². The Balaban J connectivity index is 0.000000426. The molecule has 1 aromatic carbocycles. The second-order valence-corrected chi connectivity index (χ2v) is 9.11. The molecule has 0 bridgehead atoms. The first-order valence-electron chi connectivity index (χ1n) is 11.7. The number of piperidine rings is 1. The number of likely N-dealkylation sites (tertiary alicyclic amines) is 2. The second-order valence-electron chi connectivity index (χ2n) is 9.11. The number of carbonyl (C=O) groups is 2. The molecule has 2 aliphatic heterocycles. The first kappa shape index (κ1) is 33.6. The van der Waals surface area contributed by atoms with Crippen molar-refractivity contribution in [1.29, 1.82) is 0 Å². The third-order valence-corrected chi connectivity index (χ3v) is 6.45. The minimum atomic E-state index is -5.08. The summed E-state index contributed by atoms with van der Waals surface area (Å²) in [4.78, 5) is 23.0. The van der Waals surface area contributed by atoms with E-state index < -0.39 is 24.3 Å². The lowest BCUT2D eigenvalue weighted by Crippen LogP contribution is -2.45. The van der Waals surface area contributed by atoms with E-state index in [1.807, 2.05) is 7.11 Å². The highest BCUT2D eigenvalue weighted by Gasteiger charge is 2.47. The van der Waals surface area contributed by atoms with Crippen molar-refractivity contribution in [3.63, 3.8) is 0 Å². The molecule has 3 rings (SSSR count). The number of aliphatic carboxylic acids is 2. The highest BCUT2D eigenvalue weighted by Crippen LogP contribution is 2.44. The van der Waals surface area contributed by atoms with Gasteiger partial charge in [0.05, 0.1) is 13.2 Å². The Bertz CT molecular complexity index is 821. The van der Waals surface area contributed by atoms with Crippen LogP contribution in [0, 0.1) is 11.3 Å². The summed E-state index contributed by atoms with van der Waals surface area (Å²) in [6.45, 7) is 8.63. The molecule has 0 radical (unpaired) electrons. The molecular formula is C24H34F6N2O6. The number of alkyl halides is 6. The largest absolute Gasteiger partial charge is 0.490 e. The van der Waals surface area contributed by atoms with E-state index in [1.165, 1.54) is 38.0 Å². The summed E-state index contributed by atoms with van der Waals surface area (Å²) < 4.78 is 74.3. The minimum absolute atomic E-state index is 0.441. The predicted octanol–water partition coefficient (Wildman–Crippen LogP) is 3.76. The molecule has 0 amide bonds. The highest BCUT2D eigenvalue weighted by molar-refractivity contribution is 5.73. The van der Waals surface area contributed by atoms with Gasteiger partial charge in [-0.05, 0) is 36.9 Å². The Morgan fingerprint density at radius 1 is 0.921 bits per heavy atom. The van der Waals surface area contributed by atoms with Gasteiger partial charge in [-0.2, -0.15) is 26.3 Å². The molecule has 1 atom stereocenters. The Morgan fingerprint density at radius 2 is 1.42 bits per heavy atom. The molecule has 2 N–H and O–H groups in total. The number of benzene rings is 1. The lowest BCUT2D eigenvalue weighted by Gasteiger charge is -2.42. The Labute approximate surface area is 217 Å². The number of nitrogens with zero attached hydrogens (tertiary/aromatic N) is 2. The first-order valence-corrected chi connectivity index (χ1v) is 11.7. The monoisotopic (exact) mass is 560 g/mol. The summed E-state index contributed by atoms with van der Waals surface area (Å²) in [5, 5.41) is 14.2. The highest BCUT2D eigenvalue weighted by atomic mass is 19.4. The maximum Gasteiger partial charge on any atom is 0.490 e. The van der Waals surface area contributed by atoms with Crippen molar-refractivity contribution >= 4 is 11.9 Å². The molecule has 0 aliphatic carbocycles. The lowest BCUT2D eigenvalue weighted by molar-refractivity contribution is -0.193. The summed E-state index contributed by atoms with van der Waals surface area (Å²) >= 11 is 0. The Kier molecular flexibility index (Phi) is 13.5. The molecule has 1 unspecified atom stereocenters. The van der Waals surface area contributed by atoms with Gasteiger partial charge in [0.25, 0.3) is 0 Å². The average Bonchev–Trinajstić information content (AvgIpc) is 3.16. The number of hydrogen-bond donors (Lipinski definition) is 2. The Morgan fingerprint density at radius 3 is 1.84 bits per heavy atom. The van der Waals surface area contributed by atoms with Crippen molar-refractivity contribution in [3.8, 4) is 0 Å². The maximum atomic E-state index is 10.6. The number of carboxylic acid groups (broad SMARTS) is 2. The number of carboxylic acids is 2. The van der Waals surface area contributed by atoms with Gasteiger partial charge in [-0.25, -0.2) is 9.59 Å². The first-order chi connectivity index (χ1) is 17.6. The molecule has 2 saturated heterocycles. The zero-order valence-electron chi connectivity index (χ0n) is 21.2. The molecule has 2 fully saturated rings. The van der Waals surface area contributed by atoms with Gasteiger partial charge in [-0.15, -0.1) is 0 Å². The van der Waals surface area contributed by atoms with Gasteiger partial charge in [0.15, 0.2) is 0 Å². The third kappa shape index (κ3) is 11.5. The van der Waals surface area contributed by atoms with Crippen LogP contribution >= 0.6 is 0 Å². The molecule has 0 saturated carbocycles. The minimum Gasteiger partial charge on any atom is -0.475 e. The van der Waals surface area contributed by atoms with E-state index in [0.717, 1.165) is 32.8 Å². The van der Waals surface area contributed by atoms with Crippen molar-refractivity contribution in [1.82, 2.24) is 9.80 Å². The van der Waals surface area contributed by atoms with Crippen LogP contribution in [0.15, 0.2) is 30.3 Å². The standard InChI is InChI=1S/C20H32N2O2.2C2HF3O2/c1-23-13-12-22-15-19(16-24-2)20(17-22)8-10-21(11-9-20)14-18-6-4-3-5-7-18;2*3-2(4,5)1(6)7/h3-7,19H,8-17H2,1-2H3;2*(H,6,7). The molecule has 1 spiro atoms. The van der Waals surface area contributed by atoms with Gasteiger partial charge < -0.3 is 24.6 Å². The van der Waals surface area contributed by atoms with E-state index in [-0.39, 0.29) is 0 Å². The average molecular weight is 561 g/mol. The second kappa shape index (κ2) is 15.2. The van der Waals surface area contributed by atoms with Crippen LogP contribution in [-0.4, -0.2) is 104 Å². The van der Waals surface area contributed by atoms with E-state index in [9.17, 15) is 26.3 Å². The van der Waals surface area contributed by atoms with E-state index in [0.29, 0.717) is 11.3 Å². The quantitative estimate of drug-likeness (QED) is 0.487. The van der Waals surface area contributed by atoms with Crippen LogP contribution in [0.5, 0.6) is 0 Å². The van der Waals surface area contributed by atoms with Crippen LogP contribution < -0.4 is 0 Å². The topological polar surface area (TPSA) is 99.5 Å².